The number of methoxy groups -OCH3 is 1. The van der Waals surface area contributed by atoms with Crippen LogP contribution in [0.15, 0.2) is 10.5 Å². The molecule has 0 aliphatic heterocycles. The third-order valence-electron chi connectivity index (χ3n) is 2.38. The molecule has 0 radical (unpaired) electrons. The molecule has 1 rings (SSSR count). The van der Waals surface area contributed by atoms with Crippen LogP contribution in [0.1, 0.15) is 28.8 Å². The van der Waals surface area contributed by atoms with Gasteiger partial charge in [0.1, 0.15) is 5.76 Å². The largest absolute Gasteiger partial charge is 0.475 e. The van der Waals surface area contributed by atoms with E-state index in [0.717, 1.165) is 5.56 Å². The topological polar surface area (TPSA) is 71.7 Å². The number of hydrogen-bond donors (Lipinski definition) is 2. The van der Waals surface area contributed by atoms with Gasteiger partial charge in [0.05, 0.1) is 6.10 Å². The van der Waals surface area contributed by atoms with Crippen LogP contribution in [0, 0.1) is 6.92 Å². The standard InChI is InChI=1S/C11H17NO4/c1-7(15-3)5-12-6-9-4-10(11(13)14)16-8(9)2/h4,7,12H,5-6H2,1-3H3,(H,13,14). The highest BCUT2D eigenvalue weighted by molar-refractivity contribution is 5.84. The van der Waals surface area contributed by atoms with Crippen LogP contribution in [0.2, 0.25) is 0 Å². The van der Waals surface area contributed by atoms with E-state index in [4.69, 9.17) is 14.3 Å². The summed E-state index contributed by atoms with van der Waals surface area (Å²) in [5.74, 6) is -0.427. The first-order valence-electron chi connectivity index (χ1n) is 5.10. The number of carboxylic acid groups (broad SMARTS) is 1. The number of rotatable bonds is 6. The van der Waals surface area contributed by atoms with Gasteiger partial charge in [-0.25, -0.2) is 4.79 Å². The molecule has 0 aliphatic carbocycles. The summed E-state index contributed by atoms with van der Waals surface area (Å²) in [6.07, 6.45) is 0.131. The second-order valence-electron chi connectivity index (χ2n) is 3.67. The van der Waals surface area contributed by atoms with Gasteiger partial charge >= 0.3 is 5.97 Å². The van der Waals surface area contributed by atoms with Gasteiger partial charge in [-0.1, -0.05) is 0 Å². The van der Waals surface area contributed by atoms with Gasteiger partial charge in [0.25, 0.3) is 0 Å². The first-order chi connectivity index (χ1) is 7.54. The monoisotopic (exact) mass is 227 g/mol. The van der Waals surface area contributed by atoms with Crippen LogP contribution in [0.3, 0.4) is 0 Å². The number of furan rings is 1. The zero-order chi connectivity index (χ0) is 12.1. The van der Waals surface area contributed by atoms with E-state index >= 15 is 0 Å². The van der Waals surface area contributed by atoms with Crippen LogP contribution >= 0.6 is 0 Å². The average Bonchev–Trinajstić information content (AvgIpc) is 2.60. The Hall–Kier alpha value is -1.33. The molecule has 2 N–H and O–H groups in total. The fourth-order valence-electron chi connectivity index (χ4n) is 1.29. The molecule has 16 heavy (non-hydrogen) atoms. The lowest BCUT2D eigenvalue weighted by molar-refractivity contribution is 0.0661. The van der Waals surface area contributed by atoms with Crippen molar-refractivity contribution < 1.29 is 19.1 Å². The molecule has 5 heteroatoms. The molecule has 1 aromatic heterocycles. The molecule has 0 amide bonds. The highest BCUT2D eigenvalue weighted by atomic mass is 16.5. The van der Waals surface area contributed by atoms with Gasteiger partial charge in [0, 0.05) is 25.8 Å². The first kappa shape index (κ1) is 12.7. The van der Waals surface area contributed by atoms with Gasteiger partial charge in [0.2, 0.25) is 5.76 Å². The minimum absolute atomic E-state index is 0.0194. The minimum atomic E-state index is -1.04. The van der Waals surface area contributed by atoms with Crippen molar-refractivity contribution in [3.05, 3.63) is 23.2 Å². The third kappa shape index (κ3) is 3.36. The van der Waals surface area contributed by atoms with Crippen molar-refractivity contribution in [2.75, 3.05) is 13.7 Å². The molecule has 0 fully saturated rings. The molecule has 1 unspecified atom stereocenters. The Bertz CT molecular complexity index is 359. The lowest BCUT2D eigenvalue weighted by atomic mass is 10.2. The summed E-state index contributed by atoms with van der Waals surface area (Å²) in [6, 6.07) is 1.54. The Labute approximate surface area is 94.4 Å². The van der Waals surface area contributed by atoms with Crippen molar-refractivity contribution in [3.8, 4) is 0 Å². The molecule has 90 valence electrons. The van der Waals surface area contributed by atoms with E-state index in [0.29, 0.717) is 18.8 Å². The summed E-state index contributed by atoms with van der Waals surface area (Å²) in [5, 5.41) is 11.9. The number of aryl methyl sites for hydroxylation is 1. The number of carboxylic acids is 1. The van der Waals surface area contributed by atoms with Crippen LogP contribution in [-0.4, -0.2) is 30.8 Å². The average molecular weight is 227 g/mol. The predicted octanol–water partition coefficient (Wildman–Crippen LogP) is 1.41. The van der Waals surface area contributed by atoms with Crippen LogP contribution in [-0.2, 0) is 11.3 Å². The van der Waals surface area contributed by atoms with Crippen molar-refractivity contribution in [1.82, 2.24) is 5.32 Å². The SMILES string of the molecule is COC(C)CNCc1cc(C(=O)O)oc1C. The van der Waals surface area contributed by atoms with Crippen molar-refractivity contribution in [3.63, 3.8) is 0 Å². The second-order valence-corrected chi connectivity index (χ2v) is 3.67. The van der Waals surface area contributed by atoms with Gasteiger partial charge in [-0.3, -0.25) is 0 Å². The van der Waals surface area contributed by atoms with Crippen LogP contribution in [0.4, 0.5) is 0 Å². The maximum atomic E-state index is 10.7. The number of nitrogens with one attached hydrogen (secondary N) is 1. The van der Waals surface area contributed by atoms with Gasteiger partial charge in [-0.2, -0.15) is 0 Å². The Balaban J connectivity index is 2.51. The summed E-state index contributed by atoms with van der Waals surface area (Å²) in [5.41, 5.74) is 0.862. The summed E-state index contributed by atoms with van der Waals surface area (Å²) in [4.78, 5) is 10.7. The molecule has 0 saturated carbocycles. The maximum Gasteiger partial charge on any atom is 0.371 e. The van der Waals surface area contributed by atoms with E-state index in [1.54, 1.807) is 20.1 Å². The third-order valence-corrected chi connectivity index (χ3v) is 2.38. The molecule has 1 heterocycles. The van der Waals surface area contributed by atoms with Crippen LogP contribution in [0.25, 0.3) is 0 Å². The van der Waals surface area contributed by atoms with Crippen molar-refractivity contribution in [2.45, 2.75) is 26.5 Å². The predicted molar refractivity (Wildman–Crippen MR) is 58.6 cm³/mol. The molecule has 0 spiro atoms. The van der Waals surface area contributed by atoms with Crippen molar-refractivity contribution >= 4 is 5.97 Å². The number of hydrogen-bond acceptors (Lipinski definition) is 4. The molecule has 0 saturated heterocycles. The maximum absolute atomic E-state index is 10.7. The molecular weight excluding hydrogens is 210 g/mol. The highest BCUT2D eigenvalue weighted by Crippen LogP contribution is 2.14. The molecule has 0 aliphatic rings. The van der Waals surface area contributed by atoms with Crippen LogP contribution < -0.4 is 5.32 Å². The summed E-state index contributed by atoms with van der Waals surface area (Å²) in [6.45, 7) is 5.00. The van der Waals surface area contributed by atoms with E-state index in [9.17, 15) is 4.79 Å². The van der Waals surface area contributed by atoms with E-state index in [-0.39, 0.29) is 11.9 Å². The summed E-state index contributed by atoms with van der Waals surface area (Å²) in [7, 11) is 1.65. The Morgan fingerprint density at radius 2 is 2.38 bits per heavy atom. The van der Waals surface area contributed by atoms with Crippen molar-refractivity contribution in [2.24, 2.45) is 0 Å². The highest BCUT2D eigenvalue weighted by Gasteiger charge is 2.12. The molecule has 0 aromatic carbocycles. The van der Waals surface area contributed by atoms with E-state index < -0.39 is 5.97 Å². The van der Waals surface area contributed by atoms with Gasteiger partial charge in [-0.05, 0) is 19.9 Å². The van der Waals surface area contributed by atoms with E-state index in [1.807, 2.05) is 6.92 Å². The number of ether oxygens (including phenoxy) is 1. The Morgan fingerprint density at radius 3 is 2.88 bits per heavy atom. The first-order valence-corrected chi connectivity index (χ1v) is 5.10. The fraction of sp³-hybridized carbons (Fsp3) is 0.545. The number of carbonyl (C=O) groups is 1. The molecule has 0 bridgehead atoms. The number of aromatic carboxylic acids is 1. The summed E-state index contributed by atoms with van der Waals surface area (Å²) < 4.78 is 10.2. The normalized spacial score (nSPS) is 12.7. The summed E-state index contributed by atoms with van der Waals surface area (Å²) >= 11 is 0. The van der Waals surface area contributed by atoms with Gasteiger partial charge in [-0.15, -0.1) is 0 Å². The Kier molecular flexibility index (Phi) is 4.52. The fourth-order valence-corrected chi connectivity index (χ4v) is 1.29. The molecular formula is C11H17NO4. The molecule has 1 atom stereocenters. The van der Waals surface area contributed by atoms with E-state index in [2.05, 4.69) is 5.32 Å². The Morgan fingerprint density at radius 1 is 1.69 bits per heavy atom. The molecule has 1 aromatic rings. The minimum Gasteiger partial charge on any atom is -0.475 e. The molecule has 5 nitrogen and oxygen atoms in total. The van der Waals surface area contributed by atoms with Gasteiger partial charge in [0.15, 0.2) is 0 Å². The van der Waals surface area contributed by atoms with Gasteiger partial charge < -0.3 is 19.6 Å². The van der Waals surface area contributed by atoms with Crippen molar-refractivity contribution in [1.29, 1.82) is 0 Å². The zero-order valence-corrected chi connectivity index (χ0v) is 9.74. The lowest BCUT2D eigenvalue weighted by Crippen LogP contribution is -2.25. The lowest BCUT2D eigenvalue weighted by Gasteiger charge is -2.09. The zero-order valence-electron chi connectivity index (χ0n) is 9.74. The van der Waals surface area contributed by atoms with E-state index in [1.165, 1.54) is 0 Å². The second kappa shape index (κ2) is 5.67. The quantitative estimate of drug-likeness (QED) is 0.768. The smallest absolute Gasteiger partial charge is 0.371 e. The van der Waals surface area contributed by atoms with Crippen LogP contribution in [0.5, 0.6) is 0 Å².